The molecule has 0 spiro atoms. The molecule has 0 aliphatic rings. The average molecular weight is 557 g/mol. The van der Waals surface area contributed by atoms with E-state index in [0.29, 0.717) is 24.9 Å². The molecule has 40 heavy (non-hydrogen) atoms. The Bertz CT molecular complexity index is 1190. The van der Waals surface area contributed by atoms with Gasteiger partial charge in [0.25, 0.3) is 6.47 Å². The monoisotopic (exact) mass is 557 g/mol. The van der Waals surface area contributed by atoms with Gasteiger partial charge in [-0.1, -0.05) is 36.4 Å². The number of benzene rings is 2. The lowest BCUT2D eigenvalue weighted by Crippen LogP contribution is -2.48. The number of nitrogens with one attached hydrogen (secondary N) is 4. The summed E-state index contributed by atoms with van der Waals surface area (Å²) in [6.07, 6.45) is 0.491. The second-order valence-electron chi connectivity index (χ2n) is 8.85. The lowest BCUT2D eigenvalue weighted by atomic mass is 9.75. The molecule has 0 aliphatic carbocycles. The summed E-state index contributed by atoms with van der Waals surface area (Å²) in [5, 5.41) is 53.5. The standard InChI is InChI=1S/C25H32BN5O9/c27-25(28)29-10-2-5-19(24(36)37)30-13-16-8-6-15(7-9-16)11-21(33)31-20(26(38)39)12-17-3-1-4-18(23(34)35)22(17)40-14-32/h1,3-4,6-9,14,19-20,30,38-39H,2,5,10-13H2,(H,31,33)(H,34,35)(H,36,37)(H4,27,28,29)/t19?,20-/m0/s1. The minimum Gasteiger partial charge on any atom is -0.480 e. The summed E-state index contributed by atoms with van der Waals surface area (Å²) < 4.78 is 4.81. The Hall–Kier alpha value is -4.47. The fourth-order valence-electron chi connectivity index (χ4n) is 3.87. The van der Waals surface area contributed by atoms with Gasteiger partial charge in [-0.2, -0.15) is 0 Å². The number of aliphatic carboxylic acids is 1. The van der Waals surface area contributed by atoms with Crippen LogP contribution in [0.3, 0.4) is 0 Å². The Labute approximate surface area is 230 Å². The summed E-state index contributed by atoms with van der Waals surface area (Å²) in [5.41, 5.74) is 6.47. The molecule has 214 valence electrons. The molecule has 0 radical (unpaired) electrons. The molecule has 0 fully saturated rings. The van der Waals surface area contributed by atoms with Crippen molar-refractivity contribution in [3.8, 4) is 5.75 Å². The first-order valence-electron chi connectivity index (χ1n) is 12.2. The van der Waals surface area contributed by atoms with Crippen molar-refractivity contribution in [2.24, 2.45) is 5.73 Å². The van der Waals surface area contributed by atoms with Crippen molar-refractivity contribution >= 4 is 37.4 Å². The van der Waals surface area contributed by atoms with Gasteiger partial charge in [0.05, 0.1) is 12.4 Å². The largest absolute Gasteiger partial charge is 0.480 e. The first-order valence-corrected chi connectivity index (χ1v) is 12.2. The maximum absolute atomic E-state index is 12.6. The van der Waals surface area contributed by atoms with Crippen LogP contribution in [0.2, 0.25) is 0 Å². The average Bonchev–Trinajstić information content (AvgIpc) is 2.89. The molecule has 0 aliphatic heterocycles. The highest BCUT2D eigenvalue weighted by atomic mass is 16.5. The SMILES string of the molecule is N=C(N)NCCCC(NCc1ccc(CC(=O)N[C@@H](Cc2cccc(C(=O)O)c2OC=O)B(O)O)cc1)C(=O)O. The predicted octanol–water partition coefficient (Wildman–Crippen LogP) is -0.992. The van der Waals surface area contributed by atoms with Crippen molar-refractivity contribution in [1.29, 1.82) is 5.41 Å². The summed E-state index contributed by atoms with van der Waals surface area (Å²) in [5.74, 6) is -4.55. The number of carboxylic acid groups (broad SMARTS) is 2. The van der Waals surface area contributed by atoms with E-state index in [1.807, 2.05) is 0 Å². The van der Waals surface area contributed by atoms with Crippen LogP contribution in [0.15, 0.2) is 42.5 Å². The molecule has 0 saturated carbocycles. The molecule has 14 nitrogen and oxygen atoms in total. The number of carbonyl (C=O) groups is 4. The maximum Gasteiger partial charge on any atom is 0.475 e. The van der Waals surface area contributed by atoms with Gasteiger partial charge < -0.3 is 46.7 Å². The molecule has 2 rings (SSSR count). The number of carbonyl (C=O) groups excluding carboxylic acids is 2. The molecule has 0 bridgehead atoms. The van der Waals surface area contributed by atoms with Crippen LogP contribution in [0.25, 0.3) is 0 Å². The zero-order chi connectivity index (χ0) is 29.7. The van der Waals surface area contributed by atoms with E-state index in [9.17, 15) is 39.4 Å². The van der Waals surface area contributed by atoms with Crippen LogP contribution < -0.4 is 26.4 Å². The first kappa shape index (κ1) is 31.8. The first-order chi connectivity index (χ1) is 19.0. The molecular weight excluding hydrogens is 525 g/mol. The van der Waals surface area contributed by atoms with E-state index in [1.54, 1.807) is 24.3 Å². The number of ether oxygens (including phenoxy) is 1. The van der Waals surface area contributed by atoms with E-state index in [0.717, 1.165) is 5.56 Å². The minimum absolute atomic E-state index is 0.0591. The third-order valence-corrected chi connectivity index (χ3v) is 5.86. The normalized spacial score (nSPS) is 12.1. The van der Waals surface area contributed by atoms with E-state index in [1.165, 1.54) is 18.2 Å². The topological polar surface area (TPSA) is 244 Å². The zero-order valence-corrected chi connectivity index (χ0v) is 21.5. The van der Waals surface area contributed by atoms with Crippen molar-refractivity contribution < 1.29 is 44.2 Å². The van der Waals surface area contributed by atoms with Crippen molar-refractivity contribution in [3.05, 3.63) is 64.7 Å². The summed E-state index contributed by atoms with van der Waals surface area (Å²) >= 11 is 0. The molecule has 0 heterocycles. The minimum atomic E-state index is -1.99. The Morgan fingerprint density at radius 1 is 1.07 bits per heavy atom. The number of rotatable bonds is 17. The smallest absolute Gasteiger partial charge is 0.475 e. The van der Waals surface area contributed by atoms with Crippen LogP contribution in [0.5, 0.6) is 5.75 Å². The van der Waals surface area contributed by atoms with E-state index in [-0.39, 0.29) is 48.7 Å². The van der Waals surface area contributed by atoms with E-state index in [4.69, 9.17) is 15.9 Å². The van der Waals surface area contributed by atoms with Crippen LogP contribution in [-0.2, 0) is 33.8 Å². The number of hydrogen-bond donors (Lipinski definition) is 9. The highest BCUT2D eigenvalue weighted by Gasteiger charge is 2.28. The fraction of sp³-hybridized carbons (Fsp3) is 0.320. The van der Waals surface area contributed by atoms with Crippen LogP contribution in [0.4, 0.5) is 0 Å². The summed E-state index contributed by atoms with van der Waals surface area (Å²) in [7, 11) is -1.99. The van der Waals surface area contributed by atoms with Gasteiger partial charge in [-0.05, 0) is 42.0 Å². The number of amides is 1. The number of para-hydroxylation sites is 1. The number of carboxylic acids is 2. The van der Waals surface area contributed by atoms with E-state index >= 15 is 0 Å². The van der Waals surface area contributed by atoms with E-state index < -0.39 is 36.9 Å². The van der Waals surface area contributed by atoms with Gasteiger partial charge in [0.15, 0.2) is 5.96 Å². The Morgan fingerprint density at radius 2 is 1.75 bits per heavy atom. The lowest BCUT2D eigenvalue weighted by Gasteiger charge is -2.20. The van der Waals surface area contributed by atoms with Crippen molar-refractivity contribution in [2.75, 3.05) is 6.54 Å². The van der Waals surface area contributed by atoms with Gasteiger partial charge >= 0.3 is 19.1 Å². The third-order valence-electron chi connectivity index (χ3n) is 5.86. The van der Waals surface area contributed by atoms with Gasteiger partial charge in [-0.25, -0.2) is 4.79 Å². The number of aromatic carboxylic acids is 1. The van der Waals surface area contributed by atoms with Crippen molar-refractivity contribution in [1.82, 2.24) is 16.0 Å². The molecule has 0 aromatic heterocycles. The highest BCUT2D eigenvalue weighted by molar-refractivity contribution is 6.43. The van der Waals surface area contributed by atoms with Gasteiger partial charge in [0.1, 0.15) is 17.4 Å². The van der Waals surface area contributed by atoms with Crippen molar-refractivity contribution in [2.45, 2.75) is 44.2 Å². The summed E-state index contributed by atoms with van der Waals surface area (Å²) in [4.78, 5) is 46.4. The molecule has 15 heteroatoms. The second kappa shape index (κ2) is 15.8. The van der Waals surface area contributed by atoms with Crippen molar-refractivity contribution in [3.63, 3.8) is 0 Å². The van der Waals surface area contributed by atoms with Crippen LogP contribution in [0, 0.1) is 5.41 Å². The third kappa shape index (κ3) is 10.4. The summed E-state index contributed by atoms with van der Waals surface area (Å²) in [6, 6.07) is 10.1. The highest BCUT2D eigenvalue weighted by Crippen LogP contribution is 2.25. The van der Waals surface area contributed by atoms with Gasteiger partial charge in [-0.15, -0.1) is 0 Å². The van der Waals surface area contributed by atoms with Gasteiger partial charge in [-0.3, -0.25) is 19.8 Å². The Balaban J connectivity index is 1.96. The molecule has 10 N–H and O–H groups in total. The molecule has 2 aromatic carbocycles. The molecule has 1 unspecified atom stereocenters. The lowest BCUT2D eigenvalue weighted by molar-refractivity contribution is -0.139. The maximum atomic E-state index is 12.6. The molecule has 2 atom stereocenters. The molecular formula is C25H32BN5O9. The van der Waals surface area contributed by atoms with Gasteiger partial charge in [0.2, 0.25) is 5.91 Å². The quantitative estimate of drug-likeness (QED) is 0.0374. The fourth-order valence-corrected chi connectivity index (χ4v) is 3.87. The molecule has 2 aromatic rings. The molecule has 0 saturated heterocycles. The van der Waals surface area contributed by atoms with Crippen LogP contribution in [-0.4, -0.2) is 76.2 Å². The Kier molecular flexibility index (Phi) is 12.6. The Morgan fingerprint density at radius 3 is 2.33 bits per heavy atom. The summed E-state index contributed by atoms with van der Waals surface area (Å²) in [6.45, 7) is 0.709. The second-order valence-corrected chi connectivity index (χ2v) is 8.85. The number of hydrogen-bond acceptors (Lipinski definition) is 9. The van der Waals surface area contributed by atoms with Gasteiger partial charge in [0, 0.05) is 13.1 Å². The molecule has 1 amide bonds. The van der Waals surface area contributed by atoms with E-state index in [2.05, 4.69) is 16.0 Å². The number of nitrogens with two attached hydrogens (primary N) is 1. The van der Waals surface area contributed by atoms with Crippen LogP contribution >= 0.6 is 0 Å². The predicted molar refractivity (Wildman–Crippen MR) is 143 cm³/mol. The number of guanidine groups is 1. The zero-order valence-electron chi connectivity index (χ0n) is 21.5. The van der Waals surface area contributed by atoms with Crippen LogP contribution in [0.1, 0.15) is 39.9 Å².